The molecule has 0 aliphatic carbocycles. The number of esters is 1. The van der Waals surface area contributed by atoms with Gasteiger partial charge in [-0.25, -0.2) is 0 Å². The monoisotopic (exact) mass is 302 g/mol. The van der Waals surface area contributed by atoms with Gasteiger partial charge in [0.05, 0.1) is 13.0 Å². The minimum Gasteiger partial charge on any atom is -0.464 e. The molecule has 0 radical (unpaired) electrons. The number of nitrogens with zero attached hydrogens (tertiary/aromatic N) is 2. The van der Waals surface area contributed by atoms with Gasteiger partial charge >= 0.3 is 5.97 Å². The maximum Gasteiger partial charge on any atom is 0.323 e. The maximum absolute atomic E-state index is 12.4. The van der Waals surface area contributed by atoms with E-state index >= 15 is 0 Å². The number of aryl methyl sites for hydroxylation is 1. The summed E-state index contributed by atoms with van der Waals surface area (Å²) >= 11 is 0. The molecule has 3 rings (SSSR count). The molecule has 0 bridgehead atoms. The molecule has 5 heteroatoms. The summed E-state index contributed by atoms with van der Waals surface area (Å²) < 4.78 is 5.02. The molecule has 2 fully saturated rings. The van der Waals surface area contributed by atoms with Gasteiger partial charge in [-0.2, -0.15) is 0 Å². The van der Waals surface area contributed by atoms with Gasteiger partial charge in [0.25, 0.3) is 0 Å². The summed E-state index contributed by atoms with van der Waals surface area (Å²) in [6.45, 7) is 5.44. The Hall–Kier alpha value is -1.88. The van der Waals surface area contributed by atoms with E-state index in [0.29, 0.717) is 26.1 Å². The third-order valence-corrected chi connectivity index (χ3v) is 4.49. The van der Waals surface area contributed by atoms with E-state index in [0.717, 1.165) is 25.1 Å². The number of hydrogen-bond acceptors (Lipinski definition) is 4. The first-order valence-electron chi connectivity index (χ1n) is 7.87. The van der Waals surface area contributed by atoms with Crippen LogP contribution in [0.4, 0.5) is 0 Å². The molecule has 118 valence electrons. The third-order valence-electron chi connectivity index (χ3n) is 4.49. The maximum atomic E-state index is 12.4. The summed E-state index contributed by atoms with van der Waals surface area (Å²) in [5.41, 5.74) is 2.26. The highest BCUT2D eigenvalue weighted by atomic mass is 16.5. The largest absolute Gasteiger partial charge is 0.464 e. The van der Waals surface area contributed by atoms with Crippen LogP contribution in [0.1, 0.15) is 17.5 Å². The van der Waals surface area contributed by atoms with Crippen molar-refractivity contribution in [3.63, 3.8) is 0 Å². The SMILES string of the molecule is Cc1ccc(CC(=O)N2CCN([C@H]3CCOC3=O)CC2)cc1. The highest BCUT2D eigenvalue weighted by Crippen LogP contribution is 2.16. The summed E-state index contributed by atoms with van der Waals surface area (Å²) in [7, 11) is 0. The molecule has 0 N–H and O–H groups in total. The summed E-state index contributed by atoms with van der Waals surface area (Å²) in [5, 5.41) is 0. The van der Waals surface area contributed by atoms with Crippen molar-refractivity contribution in [3.8, 4) is 0 Å². The predicted molar refractivity (Wildman–Crippen MR) is 82.4 cm³/mol. The van der Waals surface area contributed by atoms with Gasteiger partial charge in [0, 0.05) is 32.6 Å². The van der Waals surface area contributed by atoms with Gasteiger partial charge in [0.1, 0.15) is 6.04 Å². The van der Waals surface area contributed by atoms with E-state index in [1.807, 2.05) is 36.1 Å². The second-order valence-corrected chi connectivity index (χ2v) is 6.05. The number of hydrogen-bond donors (Lipinski definition) is 0. The topological polar surface area (TPSA) is 49.9 Å². The number of amides is 1. The van der Waals surface area contributed by atoms with Crippen molar-refractivity contribution in [2.24, 2.45) is 0 Å². The molecule has 1 aromatic carbocycles. The van der Waals surface area contributed by atoms with Crippen LogP contribution in [-0.2, 0) is 20.7 Å². The van der Waals surface area contributed by atoms with Gasteiger partial charge in [-0.1, -0.05) is 29.8 Å². The van der Waals surface area contributed by atoms with Crippen LogP contribution >= 0.6 is 0 Å². The average molecular weight is 302 g/mol. The minimum absolute atomic E-state index is 0.102. The van der Waals surface area contributed by atoms with Crippen molar-refractivity contribution in [1.29, 1.82) is 0 Å². The van der Waals surface area contributed by atoms with Gasteiger partial charge < -0.3 is 9.64 Å². The van der Waals surface area contributed by atoms with Crippen LogP contribution < -0.4 is 0 Å². The zero-order chi connectivity index (χ0) is 15.5. The Balaban J connectivity index is 1.51. The molecule has 0 saturated carbocycles. The lowest BCUT2D eigenvalue weighted by atomic mass is 10.1. The zero-order valence-corrected chi connectivity index (χ0v) is 13.0. The van der Waals surface area contributed by atoms with E-state index in [2.05, 4.69) is 4.90 Å². The molecule has 2 aliphatic rings. The predicted octanol–water partition coefficient (Wildman–Crippen LogP) is 0.997. The molecule has 5 nitrogen and oxygen atoms in total. The van der Waals surface area contributed by atoms with Crippen molar-refractivity contribution in [2.75, 3.05) is 32.8 Å². The smallest absolute Gasteiger partial charge is 0.323 e. The number of benzene rings is 1. The van der Waals surface area contributed by atoms with E-state index in [-0.39, 0.29) is 17.9 Å². The fourth-order valence-electron chi connectivity index (χ4n) is 3.09. The van der Waals surface area contributed by atoms with Gasteiger partial charge in [-0.05, 0) is 12.5 Å². The molecule has 2 aliphatic heterocycles. The normalized spacial score (nSPS) is 22.7. The highest BCUT2D eigenvalue weighted by molar-refractivity contribution is 5.79. The van der Waals surface area contributed by atoms with Crippen LogP contribution in [0.15, 0.2) is 24.3 Å². The van der Waals surface area contributed by atoms with Crippen LogP contribution in [0.25, 0.3) is 0 Å². The van der Waals surface area contributed by atoms with Crippen molar-refractivity contribution in [3.05, 3.63) is 35.4 Å². The lowest BCUT2D eigenvalue weighted by molar-refractivity contribution is -0.143. The summed E-state index contributed by atoms with van der Waals surface area (Å²) in [6, 6.07) is 7.99. The first-order valence-corrected chi connectivity index (χ1v) is 7.87. The van der Waals surface area contributed by atoms with Gasteiger partial charge in [-0.3, -0.25) is 14.5 Å². The number of carbonyl (C=O) groups is 2. The Morgan fingerprint density at radius 2 is 1.86 bits per heavy atom. The Morgan fingerprint density at radius 3 is 2.45 bits per heavy atom. The standard InChI is InChI=1S/C17H22N2O3/c1-13-2-4-14(5-3-13)12-16(20)19-9-7-18(8-10-19)15-6-11-22-17(15)21/h2-5,15H,6-12H2,1H3/t15-/m0/s1. The summed E-state index contributed by atoms with van der Waals surface area (Å²) in [5.74, 6) is 0.0527. The van der Waals surface area contributed by atoms with E-state index in [9.17, 15) is 9.59 Å². The number of ether oxygens (including phenoxy) is 1. The third kappa shape index (κ3) is 3.30. The van der Waals surface area contributed by atoms with E-state index < -0.39 is 0 Å². The molecule has 1 atom stereocenters. The minimum atomic E-state index is -0.112. The Bertz CT molecular complexity index is 548. The van der Waals surface area contributed by atoms with E-state index in [1.54, 1.807) is 0 Å². The van der Waals surface area contributed by atoms with Crippen molar-refractivity contribution >= 4 is 11.9 Å². The Kier molecular flexibility index (Phi) is 4.43. The molecular weight excluding hydrogens is 280 g/mol. The molecule has 2 heterocycles. The number of carbonyl (C=O) groups excluding carboxylic acids is 2. The molecule has 0 spiro atoms. The van der Waals surface area contributed by atoms with Gasteiger partial charge in [0.2, 0.25) is 5.91 Å². The Morgan fingerprint density at radius 1 is 1.18 bits per heavy atom. The zero-order valence-electron chi connectivity index (χ0n) is 13.0. The lowest BCUT2D eigenvalue weighted by Crippen LogP contribution is -2.53. The summed E-state index contributed by atoms with van der Waals surface area (Å²) in [4.78, 5) is 28.0. The van der Waals surface area contributed by atoms with Gasteiger partial charge in [-0.15, -0.1) is 0 Å². The molecular formula is C17H22N2O3. The summed E-state index contributed by atoms with van der Waals surface area (Å²) in [6.07, 6.45) is 1.22. The van der Waals surface area contributed by atoms with Gasteiger partial charge in [0.15, 0.2) is 0 Å². The molecule has 1 amide bonds. The second kappa shape index (κ2) is 6.48. The van der Waals surface area contributed by atoms with Crippen LogP contribution in [0, 0.1) is 6.92 Å². The van der Waals surface area contributed by atoms with Crippen LogP contribution in [0.3, 0.4) is 0 Å². The molecule has 0 unspecified atom stereocenters. The average Bonchev–Trinajstić information content (AvgIpc) is 2.96. The van der Waals surface area contributed by atoms with Crippen molar-refractivity contribution in [1.82, 2.24) is 9.80 Å². The number of rotatable bonds is 3. The number of cyclic esters (lactones) is 1. The Labute approximate surface area is 130 Å². The molecule has 1 aromatic rings. The molecule has 2 saturated heterocycles. The van der Waals surface area contributed by atoms with Crippen LogP contribution in [-0.4, -0.2) is 60.5 Å². The first-order chi connectivity index (χ1) is 10.6. The highest BCUT2D eigenvalue weighted by Gasteiger charge is 2.34. The van der Waals surface area contributed by atoms with Crippen molar-refractivity contribution in [2.45, 2.75) is 25.8 Å². The van der Waals surface area contributed by atoms with Crippen LogP contribution in [0.2, 0.25) is 0 Å². The van der Waals surface area contributed by atoms with E-state index in [1.165, 1.54) is 5.56 Å². The first kappa shape index (κ1) is 15.0. The molecule has 22 heavy (non-hydrogen) atoms. The number of piperazine rings is 1. The quantitative estimate of drug-likeness (QED) is 0.782. The molecule has 0 aromatic heterocycles. The fourth-order valence-corrected chi connectivity index (χ4v) is 3.09. The van der Waals surface area contributed by atoms with Crippen molar-refractivity contribution < 1.29 is 14.3 Å². The fraction of sp³-hybridized carbons (Fsp3) is 0.529. The van der Waals surface area contributed by atoms with E-state index in [4.69, 9.17) is 4.74 Å². The second-order valence-electron chi connectivity index (χ2n) is 6.05. The van der Waals surface area contributed by atoms with Crippen LogP contribution in [0.5, 0.6) is 0 Å². The lowest BCUT2D eigenvalue weighted by Gasteiger charge is -2.36.